The van der Waals surface area contributed by atoms with Crippen LogP contribution in [0.1, 0.15) is 32.6 Å². The van der Waals surface area contributed by atoms with Crippen LogP contribution in [-0.4, -0.2) is 62.9 Å². The van der Waals surface area contributed by atoms with E-state index in [2.05, 4.69) is 5.32 Å². The summed E-state index contributed by atoms with van der Waals surface area (Å²) in [5, 5.41) is 3.18. The van der Waals surface area contributed by atoms with Crippen molar-refractivity contribution in [3.05, 3.63) is 0 Å². The van der Waals surface area contributed by atoms with E-state index in [4.69, 9.17) is 9.47 Å². The lowest BCUT2D eigenvalue weighted by molar-refractivity contribution is -0.145. The fraction of sp³-hybridized carbons (Fsp3) is 0.933. The molecular weight excluding hydrogens is 292 g/mol. The van der Waals surface area contributed by atoms with Gasteiger partial charge in [0.1, 0.15) is 6.10 Å². The molecule has 2 rings (SSSR count). The number of amides is 1. The predicted octanol–water partition coefficient (Wildman–Crippen LogP) is 1.45. The lowest BCUT2D eigenvalue weighted by Gasteiger charge is -2.25. The lowest BCUT2D eigenvalue weighted by Crippen LogP contribution is -2.39. The number of nitrogens with zero attached hydrogens (tertiary/aromatic N) is 1. The number of nitrogens with one attached hydrogen (secondary N) is 1. The summed E-state index contributed by atoms with van der Waals surface area (Å²) in [6.45, 7) is 5.92. The smallest absolute Gasteiger partial charge is 0.251 e. The van der Waals surface area contributed by atoms with Crippen molar-refractivity contribution in [3.8, 4) is 0 Å². The first-order valence-corrected chi connectivity index (χ1v) is 7.87. The van der Waals surface area contributed by atoms with Gasteiger partial charge in [0.05, 0.1) is 12.7 Å². The predicted molar refractivity (Wildman–Crippen MR) is 84.9 cm³/mol. The van der Waals surface area contributed by atoms with Crippen molar-refractivity contribution < 1.29 is 14.3 Å². The van der Waals surface area contributed by atoms with E-state index in [9.17, 15) is 4.79 Å². The summed E-state index contributed by atoms with van der Waals surface area (Å²) in [6, 6.07) is 0. The van der Waals surface area contributed by atoms with Crippen LogP contribution in [0.4, 0.5) is 0 Å². The molecule has 0 saturated carbocycles. The normalized spacial score (nSPS) is 27.2. The van der Waals surface area contributed by atoms with Crippen LogP contribution in [-0.2, 0) is 14.3 Å². The summed E-state index contributed by atoms with van der Waals surface area (Å²) >= 11 is 0. The minimum absolute atomic E-state index is 0. The number of likely N-dealkylation sites (tertiary alicyclic amines) is 1. The Balaban J connectivity index is 0.00000220. The lowest BCUT2D eigenvalue weighted by atomic mass is 10.1. The van der Waals surface area contributed by atoms with Crippen LogP contribution in [0.15, 0.2) is 0 Å². The minimum Gasteiger partial charge on any atom is -0.376 e. The molecular formula is C15H29ClN2O3. The Bertz CT molecular complexity index is 311. The molecule has 21 heavy (non-hydrogen) atoms. The van der Waals surface area contributed by atoms with Gasteiger partial charge in [-0.05, 0) is 52.1 Å². The first-order valence-electron chi connectivity index (χ1n) is 7.87. The topological polar surface area (TPSA) is 50.8 Å². The summed E-state index contributed by atoms with van der Waals surface area (Å²) in [7, 11) is 1.96. The Morgan fingerprint density at radius 3 is 2.90 bits per heavy atom. The average molecular weight is 321 g/mol. The molecule has 6 heteroatoms. The maximum Gasteiger partial charge on any atom is 0.251 e. The maximum absolute atomic E-state index is 12.3. The fourth-order valence-electron chi connectivity index (χ4n) is 3.01. The summed E-state index contributed by atoms with van der Waals surface area (Å²) < 4.78 is 11.3. The molecule has 0 aromatic rings. The summed E-state index contributed by atoms with van der Waals surface area (Å²) in [6.07, 6.45) is 4.31. The summed E-state index contributed by atoms with van der Waals surface area (Å²) in [4.78, 5) is 14.2. The van der Waals surface area contributed by atoms with Gasteiger partial charge in [-0.15, -0.1) is 12.4 Å². The van der Waals surface area contributed by atoms with Gasteiger partial charge in [0.2, 0.25) is 0 Å². The van der Waals surface area contributed by atoms with Crippen LogP contribution >= 0.6 is 12.4 Å². The number of hydrogen-bond acceptors (Lipinski definition) is 4. The molecule has 2 aliphatic rings. The Morgan fingerprint density at radius 2 is 2.24 bits per heavy atom. The van der Waals surface area contributed by atoms with Crippen molar-refractivity contribution in [2.75, 3.05) is 39.9 Å². The van der Waals surface area contributed by atoms with E-state index in [1.165, 1.54) is 6.42 Å². The van der Waals surface area contributed by atoms with E-state index in [0.29, 0.717) is 12.5 Å². The molecule has 0 bridgehead atoms. The molecule has 0 aromatic carbocycles. The molecule has 5 nitrogen and oxygen atoms in total. The first kappa shape index (κ1) is 18.7. The van der Waals surface area contributed by atoms with Gasteiger partial charge in [-0.3, -0.25) is 4.79 Å². The molecule has 2 aliphatic heterocycles. The van der Waals surface area contributed by atoms with Gasteiger partial charge in [-0.25, -0.2) is 0 Å². The third-order valence-electron chi connectivity index (χ3n) is 4.24. The van der Waals surface area contributed by atoms with E-state index in [-0.39, 0.29) is 30.5 Å². The molecule has 2 saturated heterocycles. The average Bonchev–Trinajstić information content (AvgIpc) is 2.94. The highest BCUT2D eigenvalue weighted by Gasteiger charge is 2.29. The highest BCUT2D eigenvalue weighted by molar-refractivity contribution is 5.85. The number of halogens is 1. The number of rotatable bonds is 6. The zero-order valence-corrected chi connectivity index (χ0v) is 14.0. The van der Waals surface area contributed by atoms with Crippen molar-refractivity contribution >= 4 is 18.3 Å². The monoisotopic (exact) mass is 320 g/mol. The SMILES string of the molecule is CNCC1CCN(C(=O)C(C)OCC2CCCCO2)C1.Cl. The molecule has 3 unspecified atom stereocenters. The van der Waals surface area contributed by atoms with Crippen molar-refractivity contribution in [1.29, 1.82) is 0 Å². The van der Waals surface area contributed by atoms with Crippen LogP contribution in [0, 0.1) is 5.92 Å². The minimum atomic E-state index is -0.353. The zero-order chi connectivity index (χ0) is 14.4. The fourth-order valence-corrected chi connectivity index (χ4v) is 3.01. The molecule has 2 heterocycles. The van der Waals surface area contributed by atoms with E-state index < -0.39 is 0 Å². The molecule has 0 spiro atoms. The van der Waals surface area contributed by atoms with Crippen LogP contribution in [0.5, 0.6) is 0 Å². The molecule has 1 amide bonds. The Labute approximate surface area is 134 Å². The van der Waals surface area contributed by atoms with E-state index >= 15 is 0 Å². The Kier molecular flexibility index (Phi) is 8.56. The van der Waals surface area contributed by atoms with Gasteiger partial charge in [-0.1, -0.05) is 0 Å². The number of carbonyl (C=O) groups is 1. The van der Waals surface area contributed by atoms with Crippen molar-refractivity contribution in [2.24, 2.45) is 5.92 Å². The second-order valence-corrected chi connectivity index (χ2v) is 5.96. The summed E-state index contributed by atoms with van der Waals surface area (Å²) in [5.74, 6) is 0.706. The van der Waals surface area contributed by atoms with Gasteiger partial charge < -0.3 is 19.7 Å². The molecule has 0 radical (unpaired) electrons. The second kappa shape index (κ2) is 9.62. The van der Waals surface area contributed by atoms with Crippen LogP contribution < -0.4 is 5.32 Å². The number of ether oxygens (including phenoxy) is 2. The molecule has 3 atom stereocenters. The van der Waals surface area contributed by atoms with Gasteiger partial charge in [0.25, 0.3) is 5.91 Å². The molecule has 0 aliphatic carbocycles. The number of carbonyl (C=O) groups excluding carboxylic acids is 1. The Morgan fingerprint density at radius 1 is 1.43 bits per heavy atom. The maximum atomic E-state index is 12.3. The quantitative estimate of drug-likeness (QED) is 0.805. The van der Waals surface area contributed by atoms with Gasteiger partial charge in [0.15, 0.2) is 0 Å². The van der Waals surface area contributed by atoms with Crippen LogP contribution in [0.3, 0.4) is 0 Å². The first-order chi connectivity index (χ1) is 9.70. The van der Waals surface area contributed by atoms with Gasteiger partial charge >= 0.3 is 0 Å². The highest BCUT2D eigenvalue weighted by Crippen LogP contribution is 2.18. The molecule has 1 N–H and O–H groups in total. The Hall–Kier alpha value is -0.360. The largest absolute Gasteiger partial charge is 0.376 e. The van der Waals surface area contributed by atoms with Gasteiger partial charge in [0, 0.05) is 19.7 Å². The van der Waals surface area contributed by atoms with E-state index in [0.717, 1.165) is 45.5 Å². The second-order valence-electron chi connectivity index (χ2n) is 5.96. The summed E-state index contributed by atoms with van der Waals surface area (Å²) in [5.41, 5.74) is 0. The van der Waals surface area contributed by atoms with E-state index in [1.807, 2.05) is 18.9 Å². The van der Waals surface area contributed by atoms with Crippen LogP contribution in [0.2, 0.25) is 0 Å². The third-order valence-corrected chi connectivity index (χ3v) is 4.24. The van der Waals surface area contributed by atoms with Crippen molar-refractivity contribution in [1.82, 2.24) is 10.2 Å². The molecule has 2 fully saturated rings. The van der Waals surface area contributed by atoms with Crippen molar-refractivity contribution in [3.63, 3.8) is 0 Å². The van der Waals surface area contributed by atoms with Crippen molar-refractivity contribution in [2.45, 2.75) is 44.8 Å². The van der Waals surface area contributed by atoms with Crippen LogP contribution in [0.25, 0.3) is 0 Å². The zero-order valence-electron chi connectivity index (χ0n) is 13.2. The highest BCUT2D eigenvalue weighted by atomic mass is 35.5. The van der Waals surface area contributed by atoms with E-state index in [1.54, 1.807) is 0 Å². The standard InChI is InChI=1S/C15H28N2O3.ClH/c1-12(20-11-14-5-3-4-8-19-14)15(18)17-7-6-13(10-17)9-16-2;/h12-14,16H,3-11H2,1-2H3;1H. The van der Waals surface area contributed by atoms with Gasteiger partial charge in [-0.2, -0.15) is 0 Å². The number of hydrogen-bond donors (Lipinski definition) is 1. The molecule has 124 valence electrons. The third kappa shape index (κ3) is 5.74. The molecule has 0 aromatic heterocycles.